The average Bonchev–Trinajstić information content (AvgIpc) is 2.34. The molecule has 0 spiro atoms. The van der Waals surface area contributed by atoms with E-state index in [-0.39, 0.29) is 29.4 Å². The first-order valence-electron chi connectivity index (χ1n) is 6.08. The average molecular weight is 281 g/mol. The van der Waals surface area contributed by atoms with Gasteiger partial charge in [0.1, 0.15) is 17.1 Å². The summed E-state index contributed by atoms with van der Waals surface area (Å²) >= 11 is 0. The van der Waals surface area contributed by atoms with E-state index in [1.165, 1.54) is 19.2 Å². The van der Waals surface area contributed by atoms with Crippen molar-refractivity contribution >= 4 is 11.9 Å². The zero-order valence-corrected chi connectivity index (χ0v) is 12.0. The number of hydrogen-bond donors (Lipinski definition) is 2. The van der Waals surface area contributed by atoms with Crippen LogP contribution in [0.15, 0.2) is 18.2 Å². The van der Waals surface area contributed by atoms with Gasteiger partial charge in [-0.25, -0.2) is 4.79 Å². The summed E-state index contributed by atoms with van der Waals surface area (Å²) in [6.45, 7) is 5.30. The number of carboxylic acid groups (broad SMARTS) is 1. The number of amides is 1. The first kappa shape index (κ1) is 15.8. The van der Waals surface area contributed by atoms with Crippen molar-refractivity contribution in [3.05, 3.63) is 23.8 Å². The normalized spacial score (nSPS) is 10.8. The highest BCUT2D eigenvalue weighted by molar-refractivity contribution is 5.91. The second kappa shape index (κ2) is 6.27. The molecule has 6 nitrogen and oxygen atoms in total. The Bertz CT molecular complexity index is 505. The van der Waals surface area contributed by atoms with Crippen LogP contribution in [0.4, 0.5) is 0 Å². The van der Waals surface area contributed by atoms with Crippen molar-refractivity contribution in [3.63, 3.8) is 0 Å². The smallest absolute Gasteiger partial charge is 0.339 e. The molecule has 0 heterocycles. The third kappa shape index (κ3) is 4.79. The van der Waals surface area contributed by atoms with Gasteiger partial charge in [-0.05, 0) is 39.0 Å². The Balaban J connectivity index is 2.77. The molecule has 0 aliphatic rings. The molecule has 1 aromatic carbocycles. The Morgan fingerprint density at radius 2 is 1.95 bits per heavy atom. The summed E-state index contributed by atoms with van der Waals surface area (Å²) < 4.78 is 10.2. The van der Waals surface area contributed by atoms with E-state index in [9.17, 15) is 9.59 Å². The Morgan fingerprint density at radius 3 is 2.45 bits per heavy atom. The molecule has 6 heteroatoms. The summed E-state index contributed by atoms with van der Waals surface area (Å²) in [4.78, 5) is 22.8. The molecule has 0 unspecified atom stereocenters. The summed E-state index contributed by atoms with van der Waals surface area (Å²) in [5.74, 6) is -0.920. The van der Waals surface area contributed by atoms with Crippen molar-refractivity contribution < 1.29 is 24.2 Å². The lowest BCUT2D eigenvalue weighted by atomic mass is 10.1. The van der Waals surface area contributed by atoms with Crippen LogP contribution >= 0.6 is 0 Å². The highest BCUT2D eigenvalue weighted by atomic mass is 16.5. The van der Waals surface area contributed by atoms with Crippen molar-refractivity contribution in [1.29, 1.82) is 0 Å². The standard InChI is InChI=1S/C14H19NO5/c1-14(2,3)15-12(16)8-20-11-6-5-9(19-4)7-10(11)13(17)18/h5-7H,8H2,1-4H3,(H,15,16)(H,17,18). The van der Waals surface area contributed by atoms with E-state index in [0.717, 1.165) is 0 Å². The fourth-order valence-corrected chi connectivity index (χ4v) is 1.53. The Labute approximate surface area is 117 Å². The summed E-state index contributed by atoms with van der Waals surface area (Å²) in [6.07, 6.45) is 0. The van der Waals surface area contributed by atoms with Crippen LogP contribution in [-0.2, 0) is 4.79 Å². The highest BCUT2D eigenvalue weighted by Gasteiger charge is 2.17. The minimum absolute atomic E-state index is 0.0482. The van der Waals surface area contributed by atoms with Gasteiger partial charge in [-0.1, -0.05) is 0 Å². The number of nitrogens with one attached hydrogen (secondary N) is 1. The van der Waals surface area contributed by atoms with E-state index >= 15 is 0 Å². The van der Waals surface area contributed by atoms with Gasteiger partial charge >= 0.3 is 5.97 Å². The van der Waals surface area contributed by atoms with Gasteiger partial charge in [-0.3, -0.25) is 4.79 Å². The van der Waals surface area contributed by atoms with Crippen molar-refractivity contribution in [2.75, 3.05) is 13.7 Å². The lowest BCUT2D eigenvalue weighted by molar-refractivity contribution is -0.124. The number of ether oxygens (including phenoxy) is 2. The Kier molecular flexibility index (Phi) is 4.96. The summed E-state index contributed by atoms with van der Waals surface area (Å²) in [7, 11) is 1.44. The zero-order chi connectivity index (χ0) is 15.3. The molecule has 1 aromatic rings. The Hall–Kier alpha value is -2.24. The van der Waals surface area contributed by atoms with E-state index < -0.39 is 5.97 Å². The maximum absolute atomic E-state index is 11.6. The van der Waals surface area contributed by atoms with Gasteiger partial charge in [0.25, 0.3) is 5.91 Å². The van der Waals surface area contributed by atoms with Gasteiger partial charge < -0.3 is 19.9 Å². The van der Waals surface area contributed by atoms with Crippen LogP contribution in [0.3, 0.4) is 0 Å². The summed E-state index contributed by atoms with van der Waals surface area (Å²) in [5, 5.41) is 11.8. The predicted molar refractivity (Wildman–Crippen MR) is 73.3 cm³/mol. The monoisotopic (exact) mass is 281 g/mol. The van der Waals surface area contributed by atoms with E-state index in [4.69, 9.17) is 14.6 Å². The topological polar surface area (TPSA) is 84.9 Å². The number of carbonyl (C=O) groups is 2. The third-order valence-corrected chi connectivity index (χ3v) is 2.29. The maximum Gasteiger partial charge on any atom is 0.339 e. The molecule has 0 aromatic heterocycles. The molecule has 0 saturated heterocycles. The zero-order valence-electron chi connectivity index (χ0n) is 12.0. The molecule has 0 atom stereocenters. The molecule has 1 amide bonds. The van der Waals surface area contributed by atoms with Gasteiger partial charge in [0.15, 0.2) is 6.61 Å². The number of benzene rings is 1. The molecule has 0 saturated carbocycles. The fraction of sp³-hybridized carbons (Fsp3) is 0.429. The first-order chi connectivity index (χ1) is 9.23. The van der Waals surface area contributed by atoms with Crippen LogP contribution in [0.1, 0.15) is 31.1 Å². The largest absolute Gasteiger partial charge is 0.497 e. The molecule has 0 aliphatic heterocycles. The van der Waals surface area contributed by atoms with E-state index in [2.05, 4.69) is 5.32 Å². The molecule has 0 aliphatic carbocycles. The summed E-state index contributed by atoms with van der Waals surface area (Å²) in [5.41, 5.74) is -0.413. The number of carbonyl (C=O) groups excluding carboxylic acids is 1. The van der Waals surface area contributed by atoms with Gasteiger partial charge in [-0.15, -0.1) is 0 Å². The second-order valence-corrected chi connectivity index (χ2v) is 5.25. The molecular formula is C14H19NO5. The summed E-state index contributed by atoms with van der Waals surface area (Å²) in [6, 6.07) is 4.38. The quantitative estimate of drug-likeness (QED) is 0.858. The van der Waals surface area contributed by atoms with Gasteiger partial charge in [0.2, 0.25) is 0 Å². The van der Waals surface area contributed by atoms with Crippen LogP contribution in [0, 0.1) is 0 Å². The fourth-order valence-electron chi connectivity index (χ4n) is 1.53. The maximum atomic E-state index is 11.6. The molecule has 0 radical (unpaired) electrons. The second-order valence-electron chi connectivity index (χ2n) is 5.25. The molecule has 0 bridgehead atoms. The van der Waals surface area contributed by atoms with Crippen LogP contribution < -0.4 is 14.8 Å². The van der Waals surface area contributed by atoms with Crippen molar-refractivity contribution in [2.45, 2.75) is 26.3 Å². The number of hydrogen-bond acceptors (Lipinski definition) is 4. The number of methoxy groups -OCH3 is 1. The number of aromatic carboxylic acids is 1. The number of carboxylic acids is 1. The third-order valence-electron chi connectivity index (χ3n) is 2.29. The van der Waals surface area contributed by atoms with E-state index in [1.54, 1.807) is 6.07 Å². The molecule has 0 fully saturated rings. The van der Waals surface area contributed by atoms with Gasteiger partial charge in [0.05, 0.1) is 7.11 Å². The van der Waals surface area contributed by atoms with Crippen LogP contribution in [0.25, 0.3) is 0 Å². The van der Waals surface area contributed by atoms with E-state index in [1.807, 2.05) is 20.8 Å². The lowest BCUT2D eigenvalue weighted by Crippen LogP contribution is -2.43. The van der Waals surface area contributed by atoms with E-state index in [0.29, 0.717) is 5.75 Å². The minimum Gasteiger partial charge on any atom is -0.497 e. The van der Waals surface area contributed by atoms with Crippen molar-refractivity contribution in [3.8, 4) is 11.5 Å². The number of rotatable bonds is 5. The van der Waals surface area contributed by atoms with Crippen molar-refractivity contribution in [2.24, 2.45) is 0 Å². The van der Waals surface area contributed by atoms with Gasteiger partial charge in [-0.2, -0.15) is 0 Å². The lowest BCUT2D eigenvalue weighted by Gasteiger charge is -2.20. The van der Waals surface area contributed by atoms with Crippen LogP contribution in [0.2, 0.25) is 0 Å². The molecule has 1 rings (SSSR count). The SMILES string of the molecule is COc1ccc(OCC(=O)NC(C)(C)C)c(C(=O)O)c1. The molecule has 2 N–H and O–H groups in total. The van der Waals surface area contributed by atoms with Crippen LogP contribution in [-0.4, -0.2) is 36.2 Å². The molecule has 110 valence electrons. The predicted octanol–water partition coefficient (Wildman–Crippen LogP) is 1.69. The molecule has 20 heavy (non-hydrogen) atoms. The van der Waals surface area contributed by atoms with Gasteiger partial charge in [0, 0.05) is 5.54 Å². The highest BCUT2D eigenvalue weighted by Crippen LogP contribution is 2.24. The van der Waals surface area contributed by atoms with Crippen LogP contribution in [0.5, 0.6) is 11.5 Å². The van der Waals surface area contributed by atoms with Crippen molar-refractivity contribution in [1.82, 2.24) is 5.32 Å². The first-order valence-corrected chi connectivity index (χ1v) is 6.08. The Morgan fingerprint density at radius 1 is 1.30 bits per heavy atom. The minimum atomic E-state index is -1.14. The molecular weight excluding hydrogens is 262 g/mol.